The van der Waals surface area contributed by atoms with Crippen molar-refractivity contribution in [1.29, 1.82) is 0 Å². The van der Waals surface area contributed by atoms with E-state index >= 15 is 0 Å². The number of piperidine rings is 1. The molecule has 7 nitrogen and oxygen atoms in total. The van der Waals surface area contributed by atoms with Crippen LogP contribution >= 0.6 is 0 Å². The van der Waals surface area contributed by atoms with Gasteiger partial charge < -0.3 is 19.9 Å². The number of anilines is 1. The van der Waals surface area contributed by atoms with Crippen molar-refractivity contribution < 1.29 is 9.53 Å². The smallest absolute Gasteiger partial charge is 0.317 e. The zero-order chi connectivity index (χ0) is 14.7. The number of carbonyl (C=O) groups excluding carboxylic acids is 1. The molecule has 0 spiro atoms. The normalized spacial score (nSPS) is 19.8. The van der Waals surface area contributed by atoms with Gasteiger partial charge in [-0.2, -0.15) is 0 Å². The molecule has 2 fully saturated rings. The molecule has 2 aliphatic rings. The fourth-order valence-corrected chi connectivity index (χ4v) is 2.97. The molecule has 0 aromatic carbocycles. The molecule has 1 aromatic heterocycles. The van der Waals surface area contributed by atoms with Crippen LogP contribution in [0, 0.1) is 0 Å². The van der Waals surface area contributed by atoms with Crippen LogP contribution in [0.25, 0.3) is 0 Å². The number of rotatable bonds is 4. The predicted octanol–water partition coefficient (Wildman–Crippen LogP) is 0.869. The lowest BCUT2D eigenvalue weighted by molar-refractivity contribution is 0.186. The first-order valence-corrected chi connectivity index (χ1v) is 7.52. The Morgan fingerprint density at radius 3 is 2.81 bits per heavy atom. The van der Waals surface area contributed by atoms with Crippen molar-refractivity contribution in [1.82, 2.24) is 20.2 Å². The van der Waals surface area contributed by atoms with E-state index in [1.165, 1.54) is 0 Å². The summed E-state index contributed by atoms with van der Waals surface area (Å²) in [5.41, 5.74) is 0. The Labute approximate surface area is 124 Å². The van der Waals surface area contributed by atoms with Crippen molar-refractivity contribution in [2.24, 2.45) is 0 Å². The number of aromatic nitrogens is 2. The van der Waals surface area contributed by atoms with Crippen LogP contribution in [0.4, 0.5) is 10.6 Å². The molecule has 2 saturated heterocycles. The minimum Gasteiger partial charge on any atom is -0.478 e. The topological polar surface area (TPSA) is 70.6 Å². The molecular weight excluding hydrogens is 270 g/mol. The van der Waals surface area contributed by atoms with Crippen molar-refractivity contribution >= 4 is 11.8 Å². The molecule has 3 heterocycles. The van der Waals surface area contributed by atoms with Gasteiger partial charge in [0.1, 0.15) is 12.1 Å². The van der Waals surface area contributed by atoms with Crippen LogP contribution in [0.2, 0.25) is 0 Å². The number of nitrogens with zero attached hydrogens (tertiary/aromatic N) is 4. The summed E-state index contributed by atoms with van der Waals surface area (Å²) in [5.74, 6) is 1.52. The van der Waals surface area contributed by atoms with Crippen molar-refractivity contribution in [3.63, 3.8) is 0 Å². The van der Waals surface area contributed by atoms with Crippen LogP contribution in [0.15, 0.2) is 12.4 Å². The monoisotopic (exact) mass is 291 g/mol. The molecule has 1 aromatic rings. The third-order valence-corrected chi connectivity index (χ3v) is 4.04. The molecule has 2 aliphatic heterocycles. The second-order valence-electron chi connectivity index (χ2n) is 5.29. The van der Waals surface area contributed by atoms with Crippen LogP contribution in [-0.4, -0.2) is 59.7 Å². The molecule has 2 amide bonds. The van der Waals surface area contributed by atoms with E-state index in [1.807, 2.05) is 17.9 Å². The van der Waals surface area contributed by atoms with Crippen molar-refractivity contribution in [2.45, 2.75) is 25.8 Å². The van der Waals surface area contributed by atoms with Gasteiger partial charge >= 0.3 is 6.03 Å². The Kier molecular flexibility index (Phi) is 4.08. The first-order chi connectivity index (χ1) is 10.3. The highest BCUT2D eigenvalue weighted by Crippen LogP contribution is 2.23. The Morgan fingerprint density at radius 2 is 2.14 bits per heavy atom. The van der Waals surface area contributed by atoms with E-state index in [0.29, 0.717) is 18.5 Å². The average Bonchev–Trinajstić information content (AvgIpc) is 2.94. The highest BCUT2D eigenvalue weighted by atomic mass is 16.5. The van der Waals surface area contributed by atoms with Crippen LogP contribution < -0.4 is 15.0 Å². The molecule has 0 radical (unpaired) electrons. The number of hydrogen-bond donors (Lipinski definition) is 1. The quantitative estimate of drug-likeness (QED) is 0.891. The summed E-state index contributed by atoms with van der Waals surface area (Å²) in [6, 6.07) is 2.30. The molecule has 0 atom stereocenters. The number of carbonyl (C=O) groups is 1. The molecule has 0 unspecified atom stereocenters. The zero-order valence-corrected chi connectivity index (χ0v) is 12.3. The lowest BCUT2D eigenvalue weighted by Gasteiger charge is -2.36. The average molecular weight is 291 g/mol. The van der Waals surface area contributed by atoms with Gasteiger partial charge in [-0.15, -0.1) is 0 Å². The SMILES string of the molecule is CCOc1cc(N2CCC(N3CCNC3=O)CC2)ncn1. The lowest BCUT2D eigenvalue weighted by Crippen LogP contribution is -2.46. The summed E-state index contributed by atoms with van der Waals surface area (Å²) < 4.78 is 5.41. The highest BCUT2D eigenvalue weighted by molar-refractivity contribution is 5.76. The second-order valence-corrected chi connectivity index (χ2v) is 5.29. The van der Waals surface area contributed by atoms with E-state index in [-0.39, 0.29) is 6.03 Å². The highest BCUT2D eigenvalue weighted by Gasteiger charge is 2.30. The van der Waals surface area contributed by atoms with Crippen molar-refractivity contribution in [3.05, 3.63) is 12.4 Å². The summed E-state index contributed by atoms with van der Waals surface area (Å²) in [6.07, 6.45) is 3.49. The van der Waals surface area contributed by atoms with E-state index in [4.69, 9.17) is 4.74 Å². The van der Waals surface area contributed by atoms with Gasteiger partial charge in [0.15, 0.2) is 0 Å². The Morgan fingerprint density at radius 1 is 1.33 bits per heavy atom. The predicted molar refractivity (Wildman–Crippen MR) is 78.5 cm³/mol. The molecule has 7 heteroatoms. The van der Waals surface area contributed by atoms with Crippen molar-refractivity contribution in [3.8, 4) is 5.88 Å². The zero-order valence-electron chi connectivity index (χ0n) is 12.3. The van der Waals surface area contributed by atoms with Gasteiger partial charge in [0, 0.05) is 38.3 Å². The van der Waals surface area contributed by atoms with Gasteiger partial charge in [0.2, 0.25) is 5.88 Å². The van der Waals surface area contributed by atoms with Gasteiger partial charge in [-0.3, -0.25) is 0 Å². The van der Waals surface area contributed by atoms with E-state index in [1.54, 1.807) is 6.33 Å². The summed E-state index contributed by atoms with van der Waals surface area (Å²) >= 11 is 0. The maximum absolute atomic E-state index is 11.7. The Hall–Kier alpha value is -2.05. The molecule has 0 aliphatic carbocycles. The number of urea groups is 1. The number of amides is 2. The van der Waals surface area contributed by atoms with E-state index in [9.17, 15) is 4.79 Å². The number of nitrogens with one attached hydrogen (secondary N) is 1. The molecule has 0 bridgehead atoms. The Balaban J connectivity index is 1.60. The van der Waals surface area contributed by atoms with E-state index in [2.05, 4.69) is 20.2 Å². The minimum absolute atomic E-state index is 0.0779. The van der Waals surface area contributed by atoms with Gasteiger partial charge in [0.05, 0.1) is 6.61 Å². The second kappa shape index (κ2) is 6.15. The fourth-order valence-electron chi connectivity index (χ4n) is 2.97. The summed E-state index contributed by atoms with van der Waals surface area (Å²) in [5, 5.41) is 2.87. The number of ether oxygens (including phenoxy) is 1. The van der Waals surface area contributed by atoms with E-state index in [0.717, 1.165) is 44.8 Å². The molecule has 114 valence electrons. The first-order valence-electron chi connectivity index (χ1n) is 7.52. The third-order valence-electron chi connectivity index (χ3n) is 4.04. The van der Waals surface area contributed by atoms with Crippen LogP contribution in [0.3, 0.4) is 0 Å². The lowest BCUT2D eigenvalue weighted by atomic mass is 10.0. The largest absolute Gasteiger partial charge is 0.478 e. The van der Waals surface area contributed by atoms with Crippen LogP contribution in [0.5, 0.6) is 5.88 Å². The minimum atomic E-state index is 0.0779. The molecule has 0 saturated carbocycles. The maximum atomic E-state index is 11.7. The maximum Gasteiger partial charge on any atom is 0.317 e. The molecule has 3 rings (SSSR count). The Bertz CT molecular complexity index is 502. The van der Waals surface area contributed by atoms with Crippen molar-refractivity contribution in [2.75, 3.05) is 37.7 Å². The third kappa shape index (κ3) is 3.01. The van der Waals surface area contributed by atoms with Gasteiger partial charge in [0.25, 0.3) is 0 Å². The van der Waals surface area contributed by atoms with Crippen LogP contribution in [0.1, 0.15) is 19.8 Å². The van der Waals surface area contributed by atoms with E-state index < -0.39 is 0 Å². The summed E-state index contributed by atoms with van der Waals surface area (Å²) in [6.45, 7) is 5.93. The van der Waals surface area contributed by atoms with Crippen LogP contribution in [-0.2, 0) is 0 Å². The summed E-state index contributed by atoms with van der Waals surface area (Å²) in [4.78, 5) is 24.3. The molecular formula is C14H21N5O2. The van der Waals surface area contributed by atoms with Gasteiger partial charge in [-0.05, 0) is 19.8 Å². The molecule has 1 N–H and O–H groups in total. The summed E-state index contributed by atoms with van der Waals surface area (Å²) in [7, 11) is 0. The first kappa shape index (κ1) is 13.9. The van der Waals surface area contributed by atoms with Gasteiger partial charge in [-0.1, -0.05) is 0 Å². The molecule has 21 heavy (non-hydrogen) atoms. The fraction of sp³-hybridized carbons (Fsp3) is 0.643. The number of hydrogen-bond acceptors (Lipinski definition) is 5. The van der Waals surface area contributed by atoms with Gasteiger partial charge in [-0.25, -0.2) is 14.8 Å². The standard InChI is InChI=1S/C14H21N5O2/c1-2-21-13-9-12(16-10-17-13)18-6-3-11(4-7-18)19-8-5-15-14(19)20/h9-11H,2-8H2,1H3,(H,15,20).